The highest BCUT2D eigenvalue weighted by molar-refractivity contribution is 5.32. The number of nitrogens with zero attached hydrogens (tertiary/aromatic N) is 1. The Labute approximate surface area is 122 Å². The average Bonchev–Trinajstić information content (AvgIpc) is 2.62. The maximum Gasteiger partial charge on any atom is 0.299 e. The first kappa shape index (κ1) is 15.5. The summed E-state index contributed by atoms with van der Waals surface area (Å²) < 4.78 is 19.2. The molecule has 0 radical (unpaired) electrons. The molecule has 2 rings (SSSR count). The Kier molecular flexibility index (Phi) is 5.32. The van der Waals surface area contributed by atoms with Crippen molar-refractivity contribution < 1.29 is 19.1 Å². The molecule has 0 spiro atoms. The SMILES string of the molecule is CC1CCC(COc2ccc(O[N+](=O)[O-])cc2F)CNC1. The first-order valence-electron chi connectivity index (χ1n) is 7.00. The van der Waals surface area contributed by atoms with Crippen LogP contribution in [0.3, 0.4) is 0 Å². The highest BCUT2D eigenvalue weighted by Crippen LogP contribution is 2.24. The minimum Gasteiger partial charge on any atom is -0.490 e. The predicted molar refractivity (Wildman–Crippen MR) is 74.3 cm³/mol. The fourth-order valence-electron chi connectivity index (χ4n) is 2.35. The summed E-state index contributed by atoms with van der Waals surface area (Å²) in [7, 11) is 0. The molecule has 1 saturated heterocycles. The summed E-state index contributed by atoms with van der Waals surface area (Å²) in [5, 5.41) is 12.6. The van der Waals surface area contributed by atoms with Crippen molar-refractivity contribution in [3.8, 4) is 11.5 Å². The summed E-state index contributed by atoms with van der Waals surface area (Å²) in [6.07, 6.45) is 2.16. The zero-order chi connectivity index (χ0) is 15.2. The number of benzene rings is 1. The van der Waals surface area contributed by atoms with E-state index >= 15 is 0 Å². The van der Waals surface area contributed by atoms with Gasteiger partial charge in [0.2, 0.25) is 0 Å². The zero-order valence-corrected chi connectivity index (χ0v) is 11.9. The molecule has 1 heterocycles. The predicted octanol–water partition coefficient (Wildman–Crippen LogP) is 2.41. The van der Waals surface area contributed by atoms with Crippen LogP contribution in [0.2, 0.25) is 0 Å². The van der Waals surface area contributed by atoms with Gasteiger partial charge in [-0.2, -0.15) is 0 Å². The molecular formula is C14H19FN2O4. The quantitative estimate of drug-likeness (QED) is 0.667. The van der Waals surface area contributed by atoms with Gasteiger partial charge in [0.1, 0.15) is 5.75 Å². The van der Waals surface area contributed by atoms with Gasteiger partial charge >= 0.3 is 0 Å². The normalized spacial score (nSPS) is 22.4. The molecular weight excluding hydrogens is 279 g/mol. The van der Waals surface area contributed by atoms with Crippen LogP contribution in [0.25, 0.3) is 0 Å². The number of ether oxygens (including phenoxy) is 1. The maximum absolute atomic E-state index is 13.8. The molecule has 2 unspecified atom stereocenters. The number of halogens is 1. The maximum atomic E-state index is 13.8. The van der Waals surface area contributed by atoms with E-state index in [1.54, 1.807) is 0 Å². The van der Waals surface area contributed by atoms with Crippen molar-refractivity contribution >= 4 is 0 Å². The third-order valence-corrected chi connectivity index (χ3v) is 3.55. The second-order valence-electron chi connectivity index (χ2n) is 5.42. The molecule has 1 aliphatic heterocycles. The molecule has 1 aliphatic rings. The molecule has 7 heteroatoms. The van der Waals surface area contributed by atoms with Crippen LogP contribution in [-0.4, -0.2) is 24.8 Å². The van der Waals surface area contributed by atoms with Crippen LogP contribution in [0.5, 0.6) is 11.5 Å². The molecule has 0 bridgehead atoms. The molecule has 1 fully saturated rings. The number of hydrogen-bond acceptors (Lipinski definition) is 5. The van der Waals surface area contributed by atoms with Crippen LogP contribution in [0.15, 0.2) is 18.2 Å². The molecule has 1 N–H and O–H groups in total. The molecule has 116 valence electrons. The second-order valence-corrected chi connectivity index (χ2v) is 5.42. The molecule has 6 nitrogen and oxygen atoms in total. The fourth-order valence-corrected chi connectivity index (χ4v) is 2.35. The third-order valence-electron chi connectivity index (χ3n) is 3.55. The van der Waals surface area contributed by atoms with Crippen molar-refractivity contribution in [2.75, 3.05) is 19.7 Å². The number of rotatable bonds is 5. The van der Waals surface area contributed by atoms with Crippen LogP contribution in [0, 0.1) is 27.8 Å². The first-order valence-corrected chi connectivity index (χ1v) is 7.00. The van der Waals surface area contributed by atoms with Gasteiger partial charge in [0, 0.05) is 18.5 Å². The van der Waals surface area contributed by atoms with Crippen molar-refractivity contribution in [1.29, 1.82) is 0 Å². The second kappa shape index (κ2) is 7.21. The lowest BCUT2D eigenvalue weighted by atomic mass is 10.0. The van der Waals surface area contributed by atoms with Crippen molar-refractivity contribution in [2.24, 2.45) is 11.8 Å². The lowest BCUT2D eigenvalue weighted by Crippen LogP contribution is -2.26. The number of hydrogen-bond donors (Lipinski definition) is 1. The zero-order valence-electron chi connectivity index (χ0n) is 11.9. The van der Waals surface area contributed by atoms with E-state index in [2.05, 4.69) is 17.1 Å². The topological polar surface area (TPSA) is 73.6 Å². The average molecular weight is 298 g/mol. The number of nitrogens with one attached hydrogen (secondary N) is 1. The standard InChI is InChI=1S/C14H19FN2O4/c1-10-2-3-11(8-16-7-10)9-20-14-5-4-12(6-13(14)15)21-17(18)19/h4-6,10-11,16H,2-3,7-9H2,1H3. The molecule has 1 aromatic carbocycles. The van der Waals surface area contributed by atoms with E-state index in [1.807, 2.05) is 0 Å². The summed E-state index contributed by atoms with van der Waals surface area (Å²) in [6.45, 7) is 4.47. The smallest absolute Gasteiger partial charge is 0.299 e. The van der Waals surface area contributed by atoms with E-state index in [0.717, 1.165) is 32.0 Å². The Bertz CT molecular complexity index is 498. The lowest BCUT2D eigenvalue weighted by molar-refractivity contribution is -0.711. The van der Waals surface area contributed by atoms with Gasteiger partial charge in [-0.05, 0) is 37.4 Å². The van der Waals surface area contributed by atoms with E-state index in [9.17, 15) is 14.5 Å². The molecule has 0 aromatic heterocycles. The largest absolute Gasteiger partial charge is 0.490 e. The Hall–Kier alpha value is -1.89. The van der Waals surface area contributed by atoms with Gasteiger partial charge in [0.25, 0.3) is 5.09 Å². The van der Waals surface area contributed by atoms with E-state index < -0.39 is 10.9 Å². The van der Waals surface area contributed by atoms with Crippen LogP contribution >= 0.6 is 0 Å². The van der Waals surface area contributed by atoms with Gasteiger partial charge < -0.3 is 10.1 Å². The summed E-state index contributed by atoms with van der Waals surface area (Å²) in [4.78, 5) is 14.4. The first-order chi connectivity index (χ1) is 10.0. The fraction of sp³-hybridized carbons (Fsp3) is 0.571. The van der Waals surface area contributed by atoms with E-state index in [0.29, 0.717) is 18.4 Å². The van der Waals surface area contributed by atoms with E-state index in [1.165, 1.54) is 12.1 Å². The Morgan fingerprint density at radius 2 is 2.24 bits per heavy atom. The molecule has 1 aromatic rings. The van der Waals surface area contributed by atoms with E-state index in [-0.39, 0.29) is 11.5 Å². The highest BCUT2D eigenvalue weighted by Gasteiger charge is 2.17. The van der Waals surface area contributed by atoms with E-state index in [4.69, 9.17) is 4.74 Å². The summed E-state index contributed by atoms with van der Waals surface area (Å²) in [5.41, 5.74) is 0. The van der Waals surface area contributed by atoms with Crippen LogP contribution in [0.1, 0.15) is 19.8 Å². The monoisotopic (exact) mass is 298 g/mol. The van der Waals surface area contributed by atoms with Crippen molar-refractivity contribution in [1.82, 2.24) is 5.32 Å². The summed E-state index contributed by atoms with van der Waals surface area (Å²) >= 11 is 0. The van der Waals surface area contributed by atoms with Crippen LogP contribution in [0.4, 0.5) is 4.39 Å². The van der Waals surface area contributed by atoms with Crippen LogP contribution in [-0.2, 0) is 0 Å². The lowest BCUT2D eigenvalue weighted by Gasteiger charge is -2.16. The highest BCUT2D eigenvalue weighted by atomic mass is 19.1. The van der Waals surface area contributed by atoms with Crippen molar-refractivity contribution in [3.63, 3.8) is 0 Å². The van der Waals surface area contributed by atoms with Gasteiger partial charge in [0.05, 0.1) is 6.61 Å². The molecule has 2 atom stereocenters. The van der Waals surface area contributed by atoms with Crippen molar-refractivity contribution in [3.05, 3.63) is 34.1 Å². The third kappa shape index (κ3) is 4.86. The van der Waals surface area contributed by atoms with Gasteiger partial charge in [-0.3, -0.25) is 4.84 Å². The Morgan fingerprint density at radius 3 is 2.95 bits per heavy atom. The molecule has 0 saturated carbocycles. The van der Waals surface area contributed by atoms with Crippen molar-refractivity contribution in [2.45, 2.75) is 19.8 Å². The van der Waals surface area contributed by atoms with Gasteiger partial charge in [-0.25, -0.2) is 4.39 Å². The Balaban J connectivity index is 1.89. The van der Waals surface area contributed by atoms with Gasteiger partial charge in [0.15, 0.2) is 11.6 Å². The molecule has 21 heavy (non-hydrogen) atoms. The minimum absolute atomic E-state index is 0.0861. The summed E-state index contributed by atoms with van der Waals surface area (Å²) in [5.74, 6) is 0.247. The molecule has 0 amide bonds. The van der Waals surface area contributed by atoms with Crippen LogP contribution < -0.4 is 14.9 Å². The van der Waals surface area contributed by atoms with Gasteiger partial charge in [-0.1, -0.05) is 6.92 Å². The summed E-state index contributed by atoms with van der Waals surface area (Å²) in [6, 6.07) is 3.61. The van der Waals surface area contributed by atoms with Gasteiger partial charge in [-0.15, -0.1) is 10.1 Å². The minimum atomic E-state index is -0.979. The Morgan fingerprint density at radius 1 is 1.43 bits per heavy atom. The molecule has 0 aliphatic carbocycles.